The Balaban J connectivity index is 2.06. The van der Waals surface area contributed by atoms with Crippen molar-refractivity contribution in [1.82, 2.24) is 0 Å². The van der Waals surface area contributed by atoms with Gasteiger partial charge in [-0.25, -0.2) is 0 Å². The van der Waals surface area contributed by atoms with Crippen LogP contribution in [0.4, 0.5) is 0 Å². The van der Waals surface area contributed by atoms with Crippen LogP contribution in [0.25, 0.3) is 0 Å². The van der Waals surface area contributed by atoms with E-state index >= 15 is 0 Å². The van der Waals surface area contributed by atoms with Gasteiger partial charge in [0, 0.05) is 11.3 Å². The van der Waals surface area contributed by atoms with Crippen molar-refractivity contribution in [1.29, 1.82) is 0 Å². The van der Waals surface area contributed by atoms with Crippen LogP contribution in [-0.4, -0.2) is 19.0 Å². The average Bonchev–Trinajstić information content (AvgIpc) is 2.55. The quantitative estimate of drug-likeness (QED) is 0.751. The van der Waals surface area contributed by atoms with Crippen molar-refractivity contribution < 1.29 is 13.8 Å². The standard InChI is InChI=1S/C18H24NO3P/c1-3-22-23(20,18-7-5-4-6-8-18)14-21-17-11-9-16(10-12-17)13-15(2)19/h4-12,15H,3,13-14,19H2,1-2H3/t15?,23-/m0/s1. The Kier molecular flexibility index (Phi) is 6.40. The second-order valence-electron chi connectivity index (χ2n) is 5.53. The first-order valence-corrected chi connectivity index (χ1v) is 9.61. The molecule has 0 aromatic heterocycles. The minimum atomic E-state index is -3.01. The molecule has 4 nitrogen and oxygen atoms in total. The van der Waals surface area contributed by atoms with Crippen molar-refractivity contribution >= 4 is 12.7 Å². The van der Waals surface area contributed by atoms with E-state index in [2.05, 4.69) is 0 Å². The van der Waals surface area contributed by atoms with Gasteiger partial charge in [0.1, 0.15) is 5.75 Å². The maximum atomic E-state index is 13.0. The van der Waals surface area contributed by atoms with E-state index in [4.69, 9.17) is 15.0 Å². The third-order valence-electron chi connectivity index (χ3n) is 3.37. The van der Waals surface area contributed by atoms with Gasteiger partial charge < -0.3 is 15.0 Å². The van der Waals surface area contributed by atoms with E-state index in [0.717, 1.165) is 12.0 Å². The fourth-order valence-electron chi connectivity index (χ4n) is 2.30. The maximum absolute atomic E-state index is 13.0. The highest BCUT2D eigenvalue weighted by Gasteiger charge is 2.26. The summed E-state index contributed by atoms with van der Waals surface area (Å²) in [4.78, 5) is 0. The third-order valence-corrected chi connectivity index (χ3v) is 5.60. The topological polar surface area (TPSA) is 61.5 Å². The molecular weight excluding hydrogens is 309 g/mol. The van der Waals surface area contributed by atoms with Crippen LogP contribution in [0.3, 0.4) is 0 Å². The summed E-state index contributed by atoms with van der Waals surface area (Å²) in [5.74, 6) is 0.675. The zero-order valence-electron chi connectivity index (χ0n) is 13.6. The first-order chi connectivity index (χ1) is 11.0. The van der Waals surface area contributed by atoms with Crippen LogP contribution in [-0.2, 0) is 15.5 Å². The maximum Gasteiger partial charge on any atom is 0.268 e. The van der Waals surface area contributed by atoms with E-state index < -0.39 is 7.37 Å². The average molecular weight is 333 g/mol. The minimum absolute atomic E-state index is 0.0253. The van der Waals surface area contributed by atoms with Crippen molar-refractivity contribution in [3.8, 4) is 5.75 Å². The minimum Gasteiger partial charge on any atom is -0.483 e. The van der Waals surface area contributed by atoms with E-state index in [1.54, 1.807) is 0 Å². The van der Waals surface area contributed by atoms with Crippen LogP contribution in [0.2, 0.25) is 0 Å². The highest BCUT2D eigenvalue weighted by molar-refractivity contribution is 7.66. The lowest BCUT2D eigenvalue weighted by molar-refractivity contribution is 0.300. The molecule has 2 N–H and O–H groups in total. The molecule has 2 aromatic rings. The fraction of sp³-hybridized carbons (Fsp3) is 0.333. The Morgan fingerprint density at radius 2 is 1.74 bits per heavy atom. The predicted molar refractivity (Wildman–Crippen MR) is 94.6 cm³/mol. The van der Waals surface area contributed by atoms with Crippen LogP contribution in [0.1, 0.15) is 19.4 Å². The summed E-state index contributed by atoms with van der Waals surface area (Å²) in [5, 5.41) is 0.676. The lowest BCUT2D eigenvalue weighted by Gasteiger charge is -2.18. The molecule has 1 unspecified atom stereocenters. The molecule has 2 aromatic carbocycles. The third kappa shape index (κ3) is 5.21. The summed E-state index contributed by atoms with van der Waals surface area (Å²) >= 11 is 0. The van der Waals surface area contributed by atoms with Crippen LogP contribution >= 0.6 is 7.37 Å². The molecule has 0 radical (unpaired) electrons. The zero-order valence-corrected chi connectivity index (χ0v) is 14.5. The predicted octanol–water partition coefficient (Wildman–Crippen LogP) is 3.55. The molecular formula is C18H24NO3P. The largest absolute Gasteiger partial charge is 0.483 e. The molecule has 0 aliphatic heterocycles. The van der Waals surface area contributed by atoms with Crippen LogP contribution in [0.5, 0.6) is 5.75 Å². The van der Waals surface area contributed by atoms with Crippen LogP contribution in [0, 0.1) is 0 Å². The molecule has 0 amide bonds. The van der Waals surface area contributed by atoms with Gasteiger partial charge in [-0.05, 0) is 50.1 Å². The monoisotopic (exact) mass is 333 g/mol. The molecule has 2 atom stereocenters. The van der Waals surface area contributed by atoms with E-state index in [1.165, 1.54) is 0 Å². The van der Waals surface area contributed by atoms with Gasteiger partial charge in [0.2, 0.25) is 0 Å². The molecule has 0 bridgehead atoms. The highest BCUT2D eigenvalue weighted by atomic mass is 31.2. The number of ether oxygens (including phenoxy) is 1. The summed E-state index contributed by atoms with van der Waals surface area (Å²) in [7, 11) is -3.01. The fourth-order valence-corrected chi connectivity index (χ4v) is 4.04. The molecule has 0 heterocycles. The molecule has 0 spiro atoms. The number of nitrogens with two attached hydrogens (primary N) is 1. The van der Waals surface area contributed by atoms with E-state index in [9.17, 15) is 4.57 Å². The Bertz CT molecular complexity index is 641. The van der Waals surface area contributed by atoms with Gasteiger partial charge in [0.05, 0.1) is 6.61 Å². The summed E-state index contributed by atoms with van der Waals surface area (Å²) in [6, 6.07) is 17.0. The zero-order chi connectivity index (χ0) is 16.7. The Morgan fingerprint density at radius 1 is 1.09 bits per heavy atom. The number of rotatable bonds is 8. The van der Waals surface area contributed by atoms with E-state index in [1.807, 2.05) is 68.4 Å². The Hall–Kier alpha value is -1.61. The summed E-state index contributed by atoms with van der Waals surface area (Å²) in [6.07, 6.45) is 0.846. The molecule has 23 heavy (non-hydrogen) atoms. The molecule has 0 saturated carbocycles. The van der Waals surface area contributed by atoms with Crippen molar-refractivity contribution in [2.45, 2.75) is 26.3 Å². The lowest BCUT2D eigenvalue weighted by atomic mass is 10.1. The molecule has 0 fully saturated rings. The molecule has 2 rings (SSSR count). The lowest BCUT2D eigenvalue weighted by Crippen LogP contribution is -2.17. The van der Waals surface area contributed by atoms with Crippen LogP contribution < -0.4 is 15.8 Å². The van der Waals surface area contributed by atoms with Crippen molar-refractivity contribution in [3.63, 3.8) is 0 Å². The van der Waals surface area contributed by atoms with E-state index in [0.29, 0.717) is 17.7 Å². The summed E-state index contributed by atoms with van der Waals surface area (Å²) < 4.78 is 24.3. The highest BCUT2D eigenvalue weighted by Crippen LogP contribution is 2.45. The van der Waals surface area contributed by atoms with Crippen molar-refractivity contribution in [2.75, 3.05) is 13.0 Å². The normalized spacial score (nSPS) is 14.9. The number of hydrogen-bond acceptors (Lipinski definition) is 4. The molecule has 0 saturated heterocycles. The van der Waals surface area contributed by atoms with Gasteiger partial charge in [0.15, 0.2) is 6.35 Å². The number of hydrogen-bond donors (Lipinski definition) is 1. The summed E-state index contributed by atoms with van der Waals surface area (Å²) in [5.41, 5.74) is 6.95. The first-order valence-electron chi connectivity index (χ1n) is 7.80. The van der Waals surface area contributed by atoms with Gasteiger partial charge in [0.25, 0.3) is 7.37 Å². The molecule has 0 aliphatic carbocycles. The van der Waals surface area contributed by atoms with Crippen molar-refractivity contribution in [3.05, 3.63) is 60.2 Å². The Labute approximate surface area is 138 Å². The van der Waals surface area contributed by atoms with Crippen molar-refractivity contribution in [2.24, 2.45) is 5.73 Å². The summed E-state index contributed by atoms with van der Waals surface area (Å²) in [6.45, 7) is 4.18. The first kappa shape index (κ1) is 17.7. The molecule has 5 heteroatoms. The number of benzene rings is 2. The Morgan fingerprint density at radius 3 is 2.30 bits per heavy atom. The molecule has 124 valence electrons. The van der Waals surface area contributed by atoms with Gasteiger partial charge in [-0.2, -0.15) is 0 Å². The SMILES string of the molecule is CCO[P@@](=O)(COc1ccc(CC(C)N)cc1)c1ccccc1. The van der Waals surface area contributed by atoms with Gasteiger partial charge in [-0.3, -0.25) is 4.57 Å². The molecule has 0 aliphatic rings. The van der Waals surface area contributed by atoms with Gasteiger partial charge in [-0.1, -0.05) is 30.3 Å². The second kappa shape index (κ2) is 8.30. The van der Waals surface area contributed by atoms with Gasteiger partial charge in [-0.15, -0.1) is 0 Å². The van der Waals surface area contributed by atoms with E-state index in [-0.39, 0.29) is 12.4 Å². The second-order valence-corrected chi connectivity index (χ2v) is 7.91. The smallest absolute Gasteiger partial charge is 0.268 e. The van der Waals surface area contributed by atoms with Gasteiger partial charge >= 0.3 is 0 Å². The van der Waals surface area contributed by atoms with Crippen LogP contribution in [0.15, 0.2) is 54.6 Å².